The number of unbranched alkanes of at least 4 members (excludes halogenated alkanes) is 6. The molecule has 3 rings (SSSR count). The Bertz CT molecular complexity index is 917. The molecule has 0 saturated heterocycles. The lowest BCUT2D eigenvalue weighted by Gasteiger charge is -2.16. The van der Waals surface area contributed by atoms with Crippen LogP contribution < -0.4 is 0 Å². The van der Waals surface area contributed by atoms with Gasteiger partial charge in [-0.25, -0.2) is 0 Å². The van der Waals surface area contributed by atoms with Gasteiger partial charge in [0.2, 0.25) is 0 Å². The topological polar surface area (TPSA) is 0 Å². The molecule has 3 aromatic carbocycles. The molecule has 0 spiro atoms. The van der Waals surface area contributed by atoms with Gasteiger partial charge in [-0.05, 0) is 59.1 Å². The van der Waals surface area contributed by atoms with Gasteiger partial charge in [-0.15, -0.1) is 0 Å². The summed E-state index contributed by atoms with van der Waals surface area (Å²) >= 11 is 0. The molecule has 0 heteroatoms. The molecule has 32 heavy (non-hydrogen) atoms. The van der Waals surface area contributed by atoms with Gasteiger partial charge in [-0.2, -0.15) is 0 Å². The molecule has 3 aromatic rings. The monoisotopic (exact) mass is 424 g/mol. The lowest BCUT2D eigenvalue weighted by atomic mass is 9.88. The van der Waals surface area contributed by atoms with Gasteiger partial charge in [-0.1, -0.05) is 137 Å². The van der Waals surface area contributed by atoms with E-state index in [-0.39, 0.29) is 0 Å². The van der Waals surface area contributed by atoms with Crippen LogP contribution in [0.25, 0.3) is 11.1 Å². The Balaban J connectivity index is 1.74. The lowest BCUT2D eigenvalue weighted by molar-refractivity contribution is 0.589. The number of rotatable bonds is 13. The van der Waals surface area contributed by atoms with Crippen LogP contribution in [-0.4, -0.2) is 0 Å². The van der Waals surface area contributed by atoms with Crippen molar-refractivity contribution in [3.63, 3.8) is 0 Å². The summed E-state index contributed by atoms with van der Waals surface area (Å²) in [6.07, 6.45) is 12.8. The van der Waals surface area contributed by atoms with Crippen molar-refractivity contribution in [2.24, 2.45) is 0 Å². The molecule has 0 aliphatic carbocycles. The largest absolute Gasteiger partial charge is 0.0654 e. The number of benzene rings is 3. The van der Waals surface area contributed by atoms with E-state index in [0.29, 0.717) is 0 Å². The second kappa shape index (κ2) is 13.7. The van der Waals surface area contributed by atoms with E-state index >= 15 is 0 Å². The zero-order valence-corrected chi connectivity index (χ0v) is 20.2. The first-order valence-electron chi connectivity index (χ1n) is 12.7. The summed E-state index contributed by atoms with van der Waals surface area (Å²) in [5.74, 6) is 0. The highest BCUT2D eigenvalue weighted by Gasteiger charge is 2.11. The van der Waals surface area contributed by atoms with Gasteiger partial charge in [0.1, 0.15) is 0 Å². The summed E-state index contributed by atoms with van der Waals surface area (Å²) in [4.78, 5) is 0. The van der Waals surface area contributed by atoms with Crippen LogP contribution in [0.5, 0.6) is 0 Å². The van der Waals surface area contributed by atoms with Crippen molar-refractivity contribution in [1.29, 1.82) is 0 Å². The second-order valence-corrected chi connectivity index (χ2v) is 8.91. The fourth-order valence-corrected chi connectivity index (χ4v) is 4.57. The Morgan fingerprint density at radius 3 is 1.69 bits per heavy atom. The Hall–Kier alpha value is -2.60. The van der Waals surface area contributed by atoms with E-state index in [0.717, 1.165) is 12.8 Å². The first-order valence-corrected chi connectivity index (χ1v) is 12.7. The van der Waals surface area contributed by atoms with Crippen LogP contribution in [0.4, 0.5) is 0 Å². The van der Waals surface area contributed by atoms with E-state index in [9.17, 15) is 0 Å². The molecule has 0 heterocycles. The minimum atomic E-state index is 0.968. The van der Waals surface area contributed by atoms with Crippen molar-refractivity contribution >= 4 is 11.1 Å². The SMILES string of the molecule is CCCCCCCCCc1ccc(/C(Cc2ccccc2)=C(/CC)c2ccccc2)cc1. The normalized spacial score (nSPS) is 11.9. The summed E-state index contributed by atoms with van der Waals surface area (Å²) < 4.78 is 0. The van der Waals surface area contributed by atoms with Gasteiger partial charge in [0.25, 0.3) is 0 Å². The molecule has 0 aliphatic rings. The van der Waals surface area contributed by atoms with Gasteiger partial charge in [-0.3, -0.25) is 0 Å². The average molecular weight is 425 g/mol. The zero-order valence-electron chi connectivity index (χ0n) is 20.2. The van der Waals surface area contributed by atoms with Crippen molar-refractivity contribution in [1.82, 2.24) is 0 Å². The highest BCUT2D eigenvalue weighted by molar-refractivity contribution is 5.91. The van der Waals surface area contributed by atoms with Crippen LogP contribution in [0.2, 0.25) is 0 Å². The van der Waals surface area contributed by atoms with Crippen LogP contribution in [-0.2, 0) is 12.8 Å². The Labute approximate surface area is 196 Å². The molecule has 0 nitrogen and oxygen atoms in total. The van der Waals surface area contributed by atoms with E-state index < -0.39 is 0 Å². The van der Waals surface area contributed by atoms with E-state index in [1.165, 1.54) is 84.8 Å². The van der Waals surface area contributed by atoms with E-state index in [1.54, 1.807) is 0 Å². The van der Waals surface area contributed by atoms with Crippen molar-refractivity contribution in [3.8, 4) is 0 Å². The third kappa shape index (κ3) is 7.52. The fourth-order valence-electron chi connectivity index (χ4n) is 4.57. The van der Waals surface area contributed by atoms with Gasteiger partial charge in [0, 0.05) is 0 Å². The van der Waals surface area contributed by atoms with E-state index in [4.69, 9.17) is 0 Å². The van der Waals surface area contributed by atoms with Crippen LogP contribution in [0.1, 0.15) is 87.5 Å². The highest BCUT2D eigenvalue weighted by atomic mass is 14.2. The zero-order chi connectivity index (χ0) is 22.4. The number of allylic oxidation sites excluding steroid dienone is 2. The molecule has 0 amide bonds. The first-order chi connectivity index (χ1) is 15.8. The van der Waals surface area contributed by atoms with E-state index in [1.807, 2.05) is 0 Å². The quantitative estimate of drug-likeness (QED) is 0.189. The van der Waals surface area contributed by atoms with Gasteiger partial charge in [0.15, 0.2) is 0 Å². The minimum Gasteiger partial charge on any atom is -0.0654 e. The van der Waals surface area contributed by atoms with Crippen LogP contribution in [0.3, 0.4) is 0 Å². The highest BCUT2D eigenvalue weighted by Crippen LogP contribution is 2.32. The Morgan fingerprint density at radius 2 is 1.06 bits per heavy atom. The number of hydrogen-bond donors (Lipinski definition) is 0. The van der Waals surface area contributed by atoms with Gasteiger partial charge in [0.05, 0.1) is 0 Å². The average Bonchev–Trinajstić information content (AvgIpc) is 2.85. The maximum absolute atomic E-state index is 2.36. The maximum Gasteiger partial charge on any atom is -0.00169 e. The Kier molecular flexibility index (Phi) is 10.3. The third-order valence-electron chi connectivity index (χ3n) is 6.44. The molecule has 0 radical (unpaired) electrons. The van der Waals surface area contributed by atoms with Gasteiger partial charge < -0.3 is 0 Å². The number of aryl methyl sites for hydroxylation is 1. The van der Waals surface area contributed by atoms with Crippen LogP contribution in [0, 0.1) is 0 Å². The summed E-state index contributed by atoms with van der Waals surface area (Å²) in [6.45, 7) is 4.57. The molecule has 0 fully saturated rings. The molecule has 0 atom stereocenters. The standard InChI is InChI=1S/C32H40/c1-3-5-6-7-8-9-12-17-27-22-24-30(25-23-27)32(26-28-18-13-10-14-19-28)31(4-2)29-20-15-11-16-21-29/h10-11,13-16,18-25H,3-9,12,17,26H2,1-2H3/b32-31-. The smallest absolute Gasteiger partial charge is 0.00169 e. The summed E-state index contributed by atoms with van der Waals surface area (Å²) in [5.41, 5.74) is 8.45. The Morgan fingerprint density at radius 1 is 0.500 bits per heavy atom. The van der Waals surface area contributed by atoms with E-state index in [2.05, 4.69) is 98.8 Å². The molecule has 0 aromatic heterocycles. The molecule has 0 aliphatic heterocycles. The molecule has 168 valence electrons. The van der Waals surface area contributed by atoms with Crippen LogP contribution >= 0.6 is 0 Å². The maximum atomic E-state index is 2.36. The summed E-state index contributed by atoms with van der Waals surface area (Å²) in [5, 5.41) is 0. The van der Waals surface area contributed by atoms with Gasteiger partial charge >= 0.3 is 0 Å². The molecular weight excluding hydrogens is 384 g/mol. The van der Waals surface area contributed by atoms with Crippen LogP contribution in [0.15, 0.2) is 84.9 Å². The number of hydrogen-bond acceptors (Lipinski definition) is 0. The van der Waals surface area contributed by atoms with Crippen molar-refractivity contribution in [2.75, 3.05) is 0 Å². The third-order valence-corrected chi connectivity index (χ3v) is 6.44. The molecule has 0 saturated carbocycles. The fraction of sp³-hybridized carbons (Fsp3) is 0.375. The second-order valence-electron chi connectivity index (χ2n) is 8.91. The van der Waals surface area contributed by atoms with Crippen molar-refractivity contribution in [2.45, 2.75) is 78.1 Å². The molecule has 0 bridgehead atoms. The lowest BCUT2D eigenvalue weighted by Crippen LogP contribution is -1.97. The molecule has 0 N–H and O–H groups in total. The predicted molar refractivity (Wildman–Crippen MR) is 142 cm³/mol. The van der Waals surface area contributed by atoms with Crippen molar-refractivity contribution < 1.29 is 0 Å². The summed E-state index contributed by atoms with van der Waals surface area (Å²) in [6, 6.07) is 31.2. The molecule has 0 unspecified atom stereocenters. The van der Waals surface area contributed by atoms with Crippen molar-refractivity contribution in [3.05, 3.63) is 107 Å². The first kappa shape index (κ1) is 24.1. The molecular formula is C32H40. The minimum absolute atomic E-state index is 0.968. The predicted octanol–water partition coefficient (Wildman–Crippen LogP) is 9.54. The summed E-state index contributed by atoms with van der Waals surface area (Å²) in [7, 11) is 0.